The minimum Gasteiger partial charge on any atom is -0.390 e. The molecule has 3 N–H and O–H groups in total. The van der Waals surface area contributed by atoms with Crippen molar-refractivity contribution in [3.8, 4) is 0 Å². The van der Waals surface area contributed by atoms with Gasteiger partial charge in [-0.15, -0.1) is 0 Å². The third-order valence-electron chi connectivity index (χ3n) is 1.89. The molecule has 0 saturated heterocycles. The van der Waals surface area contributed by atoms with Gasteiger partial charge in [-0.2, -0.15) is 0 Å². The molecule has 0 aliphatic heterocycles. The van der Waals surface area contributed by atoms with Crippen molar-refractivity contribution in [2.75, 3.05) is 33.7 Å². The number of aliphatic hydroxyl groups excluding tert-OH is 1. The highest BCUT2D eigenvalue weighted by atomic mass is 16.3. The minimum atomic E-state index is -0.517. The molecule has 0 aromatic carbocycles. The average molecular weight is 217 g/mol. The van der Waals surface area contributed by atoms with Crippen molar-refractivity contribution in [3.05, 3.63) is 0 Å². The second kappa shape index (κ2) is 8.49. The predicted molar refractivity (Wildman–Crippen MR) is 60.9 cm³/mol. The first kappa shape index (κ1) is 14.2. The largest absolute Gasteiger partial charge is 0.390 e. The normalized spacial score (nSPS) is 12.6. The lowest BCUT2D eigenvalue weighted by Crippen LogP contribution is -2.42. The molecule has 0 heterocycles. The smallest absolute Gasteiger partial charge is 0.314 e. The number of carbonyl (C=O) groups excluding carboxylic acids is 1. The minimum absolute atomic E-state index is 0.207. The second-order valence-corrected chi connectivity index (χ2v) is 3.91. The van der Waals surface area contributed by atoms with Gasteiger partial charge in [0.2, 0.25) is 0 Å². The third-order valence-corrected chi connectivity index (χ3v) is 1.89. The molecular weight excluding hydrogens is 194 g/mol. The van der Waals surface area contributed by atoms with Crippen LogP contribution in [0.3, 0.4) is 0 Å². The maximum Gasteiger partial charge on any atom is 0.314 e. The Hall–Kier alpha value is -0.810. The highest BCUT2D eigenvalue weighted by Gasteiger charge is 2.06. The van der Waals surface area contributed by atoms with Crippen molar-refractivity contribution < 1.29 is 9.90 Å². The number of nitrogens with zero attached hydrogens (tertiary/aromatic N) is 1. The first-order valence-electron chi connectivity index (χ1n) is 5.40. The van der Waals surface area contributed by atoms with Gasteiger partial charge in [-0.3, -0.25) is 0 Å². The summed E-state index contributed by atoms with van der Waals surface area (Å²) in [7, 11) is 3.76. The second-order valence-electron chi connectivity index (χ2n) is 3.91. The van der Waals surface area contributed by atoms with Crippen LogP contribution in [-0.4, -0.2) is 55.9 Å². The van der Waals surface area contributed by atoms with Gasteiger partial charge >= 0.3 is 6.03 Å². The molecular formula is C10H23N3O2. The molecule has 0 fully saturated rings. The first-order valence-corrected chi connectivity index (χ1v) is 5.40. The fraction of sp³-hybridized carbons (Fsp3) is 0.900. The number of urea groups is 1. The van der Waals surface area contributed by atoms with Gasteiger partial charge in [-0.25, -0.2) is 4.79 Å². The summed E-state index contributed by atoms with van der Waals surface area (Å²) in [4.78, 5) is 13.0. The number of unbranched alkanes of at least 4 members (excludes halogenated alkanes) is 1. The van der Waals surface area contributed by atoms with Gasteiger partial charge in [-0.05, 0) is 20.5 Å². The van der Waals surface area contributed by atoms with E-state index in [0.29, 0.717) is 13.1 Å². The number of rotatable bonds is 7. The standard InChI is InChI=1S/C10H23N3O2/c1-4-5-6-11-10(15)12-7-9(14)8-13(2)3/h9,14H,4-8H2,1-3H3,(H2,11,12,15). The Labute approximate surface area is 91.8 Å². The van der Waals surface area contributed by atoms with Crippen LogP contribution in [0.1, 0.15) is 19.8 Å². The van der Waals surface area contributed by atoms with Crippen molar-refractivity contribution in [2.24, 2.45) is 0 Å². The van der Waals surface area contributed by atoms with Crippen LogP contribution in [0.5, 0.6) is 0 Å². The quantitative estimate of drug-likeness (QED) is 0.526. The van der Waals surface area contributed by atoms with Crippen LogP contribution in [0, 0.1) is 0 Å². The number of hydrogen-bond acceptors (Lipinski definition) is 3. The van der Waals surface area contributed by atoms with Crippen LogP contribution in [-0.2, 0) is 0 Å². The molecule has 1 atom stereocenters. The van der Waals surface area contributed by atoms with Gasteiger partial charge in [0.15, 0.2) is 0 Å². The lowest BCUT2D eigenvalue weighted by atomic mass is 10.3. The molecule has 90 valence electrons. The molecule has 0 bridgehead atoms. The summed E-state index contributed by atoms with van der Waals surface area (Å²) < 4.78 is 0. The third kappa shape index (κ3) is 9.49. The van der Waals surface area contributed by atoms with Crippen molar-refractivity contribution in [3.63, 3.8) is 0 Å². The van der Waals surface area contributed by atoms with Gasteiger partial charge in [0.05, 0.1) is 6.10 Å². The number of nitrogens with one attached hydrogen (secondary N) is 2. The van der Waals surface area contributed by atoms with Crippen LogP contribution in [0.25, 0.3) is 0 Å². The molecule has 0 aliphatic rings. The van der Waals surface area contributed by atoms with Crippen LogP contribution >= 0.6 is 0 Å². The zero-order valence-electron chi connectivity index (χ0n) is 9.92. The predicted octanol–water partition coefficient (Wildman–Crippen LogP) is 0.00820. The molecule has 0 spiro atoms. The van der Waals surface area contributed by atoms with Crippen molar-refractivity contribution in [2.45, 2.75) is 25.9 Å². The van der Waals surface area contributed by atoms with Gasteiger partial charge in [0.25, 0.3) is 0 Å². The van der Waals surface area contributed by atoms with Crippen LogP contribution in [0.15, 0.2) is 0 Å². The summed E-state index contributed by atoms with van der Waals surface area (Å²) >= 11 is 0. The van der Waals surface area contributed by atoms with E-state index in [1.54, 1.807) is 0 Å². The Kier molecular flexibility index (Phi) is 8.04. The number of hydrogen-bond donors (Lipinski definition) is 3. The lowest BCUT2D eigenvalue weighted by molar-refractivity contribution is 0.135. The van der Waals surface area contributed by atoms with E-state index in [2.05, 4.69) is 17.6 Å². The van der Waals surface area contributed by atoms with Gasteiger partial charge < -0.3 is 20.6 Å². The topological polar surface area (TPSA) is 64.6 Å². The van der Waals surface area contributed by atoms with Crippen molar-refractivity contribution in [1.29, 1.82) is 0 Å². The molecule has 15 heavy (non-hydrogen) atoms. The zero-order valence-corrected chi connectivity index (χ0v) is 9.92. The molecule has 5 nitrogen and oxygen atoms in total. The van der Waals surface area contributed by atoms with E-state index >= 15 is 0 Å². The first-order chi connectivity index (χ1) is 7.06. The average Bonchev–Trinajstić information content (AvgIpc) is 2.14. The molecule has 0 aliphatic carbocycles. The summed E-state index contributed by atoms with van der Waals surface area (Å²) in [6.45, 7) is 3.60. The van der Waals surface area contributed by atoms with E-state index in [0.717, 1.165) is 12.8 Å². The monoisotopic (exact) mass is 217 g/mol. The Balaban J connectivity index is 3.44. The molecule has 0 aromatic rings. The summed E-state index contributed by atoms with van der Waals surface area (Å²) in [5.41, 5.74) is 0. The zero-order chi connectivity index (χ0) is 11.7. The molecule has 0 saturated carbocycles. The maximum absolute atomic E-state index is 11.2. The van der Waals surface area contributed by atoms with Gasteiger partial charge in [0.1, 0.15) is 0 Å². The Morgan fingerprint density at radius 1 is 1.40 bits per heavy atom. The van der Waals surface area contributed by atoms with E-state index in [9.17, 15) is 9.90 Å². The molecule has 2 amide bonds. The molecule has 0 aromatic heterocycles. The number of carbonyl (C=O) groups is 1. The Morgan fingerprint density at radius 3 is 2.60 bits per heavy atom. The van der Waals surface area contributed by atoms with E-state index in [4.69, 9.17) is 0 Å². The van der Waals surface area contributed by atoms with Gasteiger partial charge in [-0.1, -0.05) is 13.3 Å². The lowest BCUT2D eigenvalue weighted by Gasteiger charge is -2.16. The highest BCUT2D eigenvalue weighted by molar-refractivity contribution is 5.73. The van der Waals surface area contributed by atoms with Crippen molar-refractivity contribution in [1.82, 2.24) is 15.5 Å². The molecule has 5 heteroatoms. The number of amides is 2. The summed E-state index contributed by atoms with van der Waals surface area (Å²) in [5, 5.41) is 14.8. The van der Waals surface area contributed by atoms with Crippen LogP contribution < -0.4 is 10.6 Å². The van der Waals surface area contributed by atoms with Gasteiger partial charge in [0, 0.05) is 19.6 Å². The van der Waals surface area contributed by atoms with E-state index in [1.807, 2.05) is 19.0 Å². The molecule has 0 radical (unpaired) electrons. The fourth-order valence-corrected chi connectivity index (χ4v) is 1.14. The van der Waals surface area contributed by atoms with Crippen LogP contribution in [0.2, 0.25) is 0 Å². The summed E-state index contributed by atoms with van der Waals surface area (Å²) in [5.74, 6) is 0. The maximum atomic E-state index is 11.2. The highest BCUT2D eigenvalue weighted by Crippen LogP contribution is 1.85. The SMILES string of the molecule is CCCCNC(=O)NCC(O)CN(C)C. The fourth-order valence-electron chi connectivity index (χ4n) is 1.14. The Bertz CT molecular complexity index is 174. The van der Waals surface area contributed by atoms with E-state index in [1.165, 1.54) is 0 Å². The van der Waals surface area contributed by atoms with E-state index in [-0.39, 0.29) is 12.6 Å². The molecule has 0 rings (SSSR count). The van der Waals surface area contributed by atoms with Crippen LogP contribution in [0.4, 0.5) is 4.79 Å². The van der Waals surface area contributed by atoms with E-state index < -0.39 is 6.10 Å². The number of aliphatic hydroxyl groups is 1. The Morgan fingerprint density at radius 2 is 2.07 bits per heavy atom. The van der Waals surface area contributed by atoms with Crippen molar-refractivity contribution >= 4 is 6.03 Å². The molecule has 1 unspecified atom stereocenters. The number of likely N-dealkylation sites (N-methyl/N-ethyl adjacent to an activating group) is 1. The summed E-state index contributed by atoms with van der Waals surface area (Å²) in [6.07, 6.45) is 1.52. The summed E-state index contributed by atoms with van der Waals surface area (Å²) in [6, 6.07) is -0.207.